The van der Waals surface area contributed by atoms with Crippen LogP contribution >= 0.6 is 0 Å². The Hall–Kier alpha value is -0.260. The standard InChI is InChI=1S/C12H20/c1-12(2,3)11-7-9-5-4-6-10(9)8-11/h7,9-10H,4-6,8H2,1-3H3. The predicted octanol–water partition coefficient (Wildman–Crippen LogP) is 3.78. The lowest BCUT2D eigenvalue weighted by atomic mass is 9.84. The Balaban J connectivity index is 2.12. The minimum Gasteiger partial charge on any atom is -0.0814 e. The summed E-state index contributed by atoms with van der Waals surface area (Å²) in [5.74, 6) is 1.98. The van der Waals surface area contributed by atoms with Crippen LogP contribution in [-0.2, 0) is 0 Å². The molecule has 2 unspecified atom stereocenters. The van der Waals surface area contributed by atoms with Gasteiger partial charge in [-0.3, -0.25) is 0 Å². The summed E-state index contributed by atoms with van der Waals surface area (Å²) in [7, 11) is 0. The lowest BCUT2D eigenvalue weighted by Crippen LogP contribution is -2.08. The van der Waals surface area contributed by atoms with Crippen LogP contribution in [0.15, 0.2) is 11.6 Å². The van der Waals surface area contributed by atoms with Crippen molar-refractivity contribution in [3.63, 3.8) is 0 Å². The Morgan fingerprint density at radius 1 is 1.25 bits per heavy atom. The highest BCUT2D eigenvalue weighted by Gasteiger charge is 2.34. The van der Waals surface area contributed by atoms with Crippen LogP contribution in [0.2, 0.25) is 0 Å². The van der Waals surface area contributed by atoms with Gasteiger partial charge in [0.1, 0.15) is 0 Å². The van der Waals surface area contributed by atoms with Crippen molar-refractivity contribution in [3.05, 3.63) is 11.6 Å². The van der Waals surface area contributed by atoms with E-state index in [1.165, 1.54) is 25.7 Å². The van der Waals surface area contributed by atoms with Crippen LogP contribution in [0.5, 0.6) is 0 Å². The van der Waals surface area contributed by atoms with Crippen LogP contribution in [0.25, 0.3) is 0 Å². The molecule has 0 aliphatic heterocycles. The molecule has 1 fully saturated rings. The number of allylic oxidation sites excluding steroid dienone is 2. The maximum Gasteiger partial charge on any atom is -0.0173 e. The molecule has 0 aromatic heterocycles. The zero-order chi connectivity index (χ0) is 8.77. The summed E-state index contributed by atoms with van der Waals surface area (Å²) in [5, 5.41) is 0. The maximum absolute atomic E-state index is 2.58. The molecule has 0 nitrogen and oxygen atoms in total. The van der Waals surface area contributed by atoms with Crippen molar-refractivity contribution in [2.75, 3.05) is 0 Å². The fraction of sp³-hybridized carbons (Fsp3) is 0.833. The molecule has 0 heterocycles. The van der Waals surface area contributed by atoms with Gasteiger partial charge < -0.3 is 0 Å². The van der Waals surface area contributed by atoms with Crippen molar-refractivity contribution in [1.29, 1.82) is 0 Å². The zero-order valence-corrected chi connectivity index (χ0v) is 8.56. The third kappa shape index (κ3) is 1.32. The average Bonchev–Trinajstić information content (AvgIpc) is 2.37. The van der Waals surface area contributed by atoms with Crippen molar-refractivity contribution in [1.82, 2.24) is 0 Å². The summed E-state index contributed by atoms with van der Waals surface area (Å²) >= 11 is 0. The molecule has 0 amide bonds. The summed E-state index contributed by atoms with van der Waals surface area (Å²) in [6.45, 7) is 7.04. The highest BCUT2D eigenvalue weighted by atomic mass is 14.4. The van der Waals surface area contributed by atoms with Gasteiger partial charge in [-0.2, -0.15) is 0 Å². The van der Waals surface area contributed by atoms with E-state index in [4.69, 9.17) is 0 Å². The topological polar surface area (TPSA) is 0 Å². The van der Waals surface area contributed by atoms with Crippen LogP contribution in [-0.4, -0.2) is 0 Å². The van der Waals surface area contributed by atoms with Crippen molar-refractivity contribution in [3.8, 4) is 0 Å². The van der Waals surface area contributed by atoms with Crippen LogP contribution < -0.4 is 0 Å². The van der Waals surface area contributed by atoms with Gasteiger partial charge in [-0.15, -0.1) is 0 Å². The van der Waals surface area contributed by atoms with Crippen LogP contribution in [0.3, 0.4) is 0 Å². The van der Waals surface area contributed by atoms with E-state index in [0.29, 0.717) is 5.41 Å². The van der Waals surface area contributed by atoms with E-state index in [0.717, 1.165) is 11.8 Å². The molecule has 0 aromatic rings. The first-order valence-electron chi connectivity index (χ1n) is 5.28. The van der Waals surface area contributed by atoms with E-state index in [9.17, 15) is 0 Å². The fourth-order valence-electron chi connectivity index (χ4n) is 2.70. The first-order chi connectivity index (χ1) is 5.57. The smallest absolute Gasteiger partial charge is 0.0173 e. The van der Waals surface area contributed by atoms with Gasteiger partial charge in [0, 0.05) is 0 Å². The van der Waals surface area contributed by atoms with Crippen molar-refractivity contribution < 1.29 is 0 Å². The summed E-state index contributed by atoms with van der Waals surface area (Å²) in [4.78, 5) is 0. The van der Waals surface area contributed by atoms with Gasteiger partial charge in [-0.05, 0) is 36.5 Å². The molecule has 0 aromatic carbocycles. The molecule has 0 radical (unpaired) electrons. The quantitative estimate of drug-likeness (QED) is 0.478. The molecule has 2 aliphatic rings. The number of hydrogen-bond acceptors (Lipinski definition) is 0. The first-order valence-corrected chi connectivity index (χ1v) is 5.28. The molecule has 2 rings (SSSR count). The number of rotatable bonds is 0. The molecule has 12 heavy (non-hydrogen) atoms. The van der Waals surface area contributed by atoms with Gasteiger partial charge >= 0.3 is 0 Å². The third-order valence-corrected chi connectivity index (χ3v) is 3.58. The monoisotopic (exact) mass is 164 g/mol. The summed E-state index contributed by atoms with van der Waals surface area (Å²) < 4.78 is 0. The largest absolute Gasteiger partial charge is 0.0814 e. The molecule has 0 bridgehead atoms. The first kappa shape index (κ1) is 8.34. The van der Waals surface area contributed by atoms with Gasteiger partial charge in [0.2, 0.25) is 0 Å². The van der Waals surface area contributed by atoms with E-state index in [-0.39, 0.29) is 0 Å². The van der Waals surface area contributed by atoms with Gasteiger partial charge in [0.25, 0.3) is 0 Å². The zero-order valence-electron chi connectivity index (χ0n) is 8.56. The molecular formula is C12H20. The molecule has 0 saturated heterocycles. The Labute approximate surface area is 76.1 Å². The van der Waals surface area contributed by atoms with Gasteiger partial charge in [-0.1, -0.05) is 38.8 Å². The molecule has 1 saturated carbocycles. The minimum atomic E-state index is 0.435. The highest BCUT2D eigenvalue weighted by Crippen LogP contribution is 2.47. The second kappa shape index (κ2) is 2.61. The predicted molar refractivity (Wildman–Crippen MR) is 53.0 cm³/mol. The molecular weight excluding hydrogens is 144 g/mol. The Bertz CT molecular complexity index is 205. The van der Waals surface area contributed by atoms with Gasteiger partial charge in [0.05, 0.1) is 0 Å². The molecule has 0 heteroatoms. The van der Waals surface area contributed by atoms with Crippen LogP contribution in [0, 0.1) is 17.3 Å². The Morgan fingerprint density at radius 3 is 2.58 bits per heavy atom. The summed E-state index contributed by atoms with van der Waals surface area (Å²) in [5.41, 5.74) is 2.15. The Kier molecular flexibility index (Phi) is 1.82. The van der Waals surface area contributed by atoms with E-state index in [2.05, 4.69) is 26.8 Å². The maximum atomic E-state index is 2.58. The van der Waals surface area contributed by atoms with Gasteiger partial charge in [0.15, 0.2) is 0 Å². The van der Waals surface area contributed by atoms with Crippen LogP contribution in [0.4, 0.5) is 0 Å². The normalized spacial score (nSPS) is 35.1. The Morgan fingerprint density at radius 2 is 2.00 bits per heavy atom. The molecule has 0 N–H and O–H groups in total. The van der Waals surface area contributed by atoms with Crippen molar-refractivity contribution in [2.24, 2.45) is 17.3 Å². The minimum absolute atomic E-state index is 0.435. The lowest BCUT2D eigenvalue weighted by Gasteiger charge is -2.21. The summed E-state index contributed by atoms with van der Waals surface area (Å²) in [6.07, 6.45) is 8.40. The third-order valence-electron chi connectivity index (χ3n) is 3.58. The SMILES string of the molecule is CC(C)(C)C1=CC2CCCC2C1. The van der Waals surface area contributed by atoms with E-state index < -0.39 is 0 Å². The van der Waals surface area contributed by atoms with Crippen molar-refractivity contribution >= 4 is 0 Å². The molecule has 2 aliphatic carbocycles. The second-order valence-corrected chi connectivity index (χ2v) is 5.50. The number of fused-ring (bicyclic) bond motifs is 1. The van der Waals surface area contributed by atoms with E-state index in [1.807, 2.05) is 0 Å². The molecule has 68 valence electrons. The summed E-state index contributed by atoms with van der Waals surface area (Å²) in [6, 6.07) is 0. The van der Waals surface area contributed by atoms with Gasteiger partial charge in [-0.25, -0.2) is 0 Å². The molecule has 0 spiro atoms. The second-order valence-electron chi connectivity index (χ2n) is 5.50. The van der Waals surface area contributed by atoms with Crippen molar-refractivity contribution in [2.45, 2.75) is 46.5 Å². The average molecular weight is 164 g/mol. The number of hydrogen-bond donors (Lipinski definition) is 0. The molecule has 2 atom stereocenters. The fourth-order valence-corrected chi connectivity index (χ4v) is 2.70. The van der Waals surface area contributed by atoms with E-state index >= 15 is 0 Å². The highest BCUT2D eigenvalue weighted by molar-refractivity contribution is 5.20. The van der Waals surface area contributed by atoms with Crippen LogP contribution in [0.1, 0.15) is 46.5 Å². The van der Waals surface area contributed by atoms with E-state index in [1.54, 1.807) is 5.57 Å². The lowest BCUT2D eigenvalue weighted by molar-refractivity contribution is 0.441.